The van der Waals surface area contributed by atoms with Crippen LogP contribution < -0.4 is 4.90 Å². The van der Waals surface area contributed by atoms with Gasteiger partial charge in [-0.2, -0.15) is 0 Å². The van der Waals surface area contributed by atoms with E-state index in [0.29, 0.717) is 0 Å². The van der Waals surface area contributed by atoms with Crippen LogP contribution in [-0.4, -0.2) is 34.0 Å². The van der Waals surface area contributed by atoms with Gasteiger partial charge in [-0.25, -0.2) is 0 Å². The van der Waals surface area contributed by atoms with E-state index in [-0.39, 0.29) is 35.2 Å². The average Bonchev–Trinajstić information content (AvgIpc) is 2.70. The number of nitro benzene ring substituents is 1. The Morgan fingerprint density at radius 1 is 1.33 bits per heavy atom. The van der Waals surface area contributed by atoms with E-state index in [4.69, 9.17) is 0 Å². The van der Waals surface area contributed by atoms with Crippen molar-refractivity contribution in [3.8, 4) is 0 Å². The number of hydrogen-bond acceptors (Lipinski definition) is 5. The Bertz CT molecular complexity index is 587. The molecule has 0 aromatic heterocycles. The maximum Gasteiger partial charge on any atom is 0.280 e. The van der Waals surface area contributed by atoms with Crippen LogP contribution in [-0.2, 0) is 0 Å². The van der Waals surface area contributed by atoms with Gasteiger partial charge < -0.3 is 10.0 Å². The van der Waals surface area contributed by atoms with Crippen molar-refractivity contribution >= 4 is 17.2 Å². The van der Waals surface area contributed by atoms with Crippen molar-refractivity contribution in [2.75, 3.05) is 4.90 Å². The molecule has 1 N–H and O–H groups in total. The van der Waals surface area contributed by atoms with Gasteiger partial charge in [0, 0.05) is 23.8 Å². The Labute approximate surface area is 122 Å². The normalized spacial score (nSPS) is 27.7. The third-order valence-electron chi connectivity index (χ3n) is 4.56. The van der Waals surface area contributed by atoms with Gasteiger partial charge in [0.25, 0.3) is 5.69 Å². The summed E-state index contributed by atoms with van der Waals surface area (Å²) < 4.78 is 0. The minimum atomic E-state index is -0.519. The van der Waals surface area contributed by atoms with Crippen LogP contribution in [0.4, 0.5) is 11.4 Å². The zero-order valence-corrected chi connectivity index (χ0v) is 11.9. The Morgan fingerprint density at radius 3 is 2.48 bits per heavy atom. The largest absolute Gasteiger partial charge is 0.393 e. The molecule has 2 aliphatic heterocycles. The summed E-state index contributed by atoms with van der Waals surface area (Å²) in [5.41, 5.74) is 0.865. The number of anilines is 1. The van der Waals surface area contributed by atoms with Gasteiger partial charge in [0.05, 0.1) is 16.6 Å². The number of benzene rings is 1. The van der Waals surface area contributed by atoms with E-state index in [1.165, 1.54) is 13.0 Å². The van der Waals surface area contributed by atoms with E-state index in [2.05, 4.69) is 4.90 Å². The smallest absolute Gasteiger partial charge is 0.280 e. The van der Waals surface area contributed by atoms with Crippen molar-refractivity contribution in [3.05, 3.63) is 33.9 Å². The van der Waals surface area contributed by atoms with Crippen LogP contribution in [0.5, 0.6) is 0 Å². The highest BCUT2D eigenvalue weighted by Gasteiger charge is 2.40. The highest BCUT2D eigenvalue weighted by molar-refractivity contribution is 5.99. The molecule has 0 radical (unpaired) electrons. The van der Waals surface area contributed by atoms with Crippen molar-refractivity contribution < 1.29 is 14.8 Å². The van der Waals surface area contributed by atoms with Crippen LogP contribution in [0, 0.1) is 10.1 Å². The minimum Gasteiger partial charge on any atom is -0.393 e. The number of rotatable bonds is 3. The third kappa shape index (κ3) is 2.40. The number of hydrogen-bond donors (Lipinski definition) is 1. The average molecular weight is 290 g/mol. The summed E-state index contributed by atoms with van der Waals surface area (Å²) >= 11 is 0. The van der Waals surface area contributed by atoms with E-state index in [1.54, 1.807) is 12.1 Å². The number of ketones is 1. The first-order chi connectivity index (χ1) is 9.97. The Hall–Kier alpha value is -1.95. The van der Waals surface area contributed by atoms with Gasteiger partial charge in [-0.1, -0.05) is 0 Å². The second kappa shape index (κ2) is 5.11. The van der Waals surface area contributed by atoms with E-state index >= 15 is 0 Å². The van der Waals surface area contributed by atoms with Crippen LogP contribution in [0.15, 0.2) is 18.2 Å². The Kier molecular flexibility index (Phi) is 3.41. The van der Waals surface area contributed by atoms with Gasteiger partial charge in [0.15, 0.2) is 5.78 Å². The van der Waals surface area contributed by atoms with Gasteiger partial charge in [-0.05, 0) is 44.7 Å². The molecular formula is C15H18N2O4. The molecule has 0 saturated carbocycles. The van der Waals surface area contributed by atoms with E-state index in [1.807, 2.05) is 0 Å². The number of carbonyl (C=O) groups is 1. The van der Waals surface area contributed by atoms with Crippen LogP contribution in [0.1, 0.15) is 43.0 Å². The molecule has 2 bridgehead atoms. The first-order valence-electron chi connectivity index (χ1n) is 7.23. The fourth-order valence-corrected chi connectivity index (χ4v) is 3.70. The molecule has 2 fully saturated rings. The number of piperidine rings is 1. The molecule has 2 unspecified atom stereocenters. The highest BCUT2D eigenvalue weighted by Crippen LogP contribution is 2.40. The van der Waals surface area contributed by atoms with Gasteiger partial charge in [-0.3, -0.25) is 14.9 Å². The summed E-state index contributed by atoms with van der Waals surface area (Å²) in [6.45, 7) is 1.35. The topological polar surface area (TPSA) is 83.7 Å². The van der Waals surface area contributed by atoms with Crippen molar-refractivity contribution in [3.63, 3.8) is 0 Å². The lowest BCUT2D eigenvalue weighted by Crippen LogP contribution is -2.44. The van der Waals surface area contributed by atoms with Crippen molar-refractivity contribution in [1.29, 1.82) is 0 Å². The summed E-state index contributed by atoms with van der Waals surface area (Å²) in [7, 11) is 0. The van der Waals surface area contributed by atoms with Crippen molar-refractivity contribution in [2.24, 2.45) is 0 Å². The molecule has 6 heteroatoms. The summed E-state index contributed by atoms with van der Waals surface area (Å²) in [4.78, 5) is 24.4. The summed E-state index contributed by atoms with van der Waals surface area (Å²) in [6, 6.07) is 5.29. The van der Waals surface area contributed by atoms with Crippen molar-refractivity contribution in [2.45, 2.75) is 50.8 Å². The molecule has 1 aromatic rings. The maximum absolute atomic E-state index is 11.7. The lowest BCUT2D eigenvalue weighted by atomic mass is 9.98. The van der Waals surface area contributed by atoms with Crippen molar-refractivity contribution in [1.82, 2.24) is 0 Å². The molecule has 2 atom stereocenters. The first kappa shape index (κ1) is 14.0. The molecule has 0 spiro atoms. The second-order valence-electron chi connectivity index (χ2n) is 5.93. The SMILES string of the molecule is CC(=O)c1cc(N2C3CCC2CC(O)C3)ccc1[N+](=O)[O-]. The van der Waals surface area contributed by atoms with E-state index in [0.717, 1.165) is 31.4 Å². The molecular weight excluding hydrogens is 272 g/mol. The highest BCUT2D eigenvalue weighted by atomic mass is 16.6. The third-order valence-corrected chi connectivity index (χ3v) is 4.56. The van der Waals surface area contributed by atoms with Gasteiger partial charge in [0.1, 0.15) is 0 Å². The number of Topliss-reactive ketones (excluding diaryl/α,β-unsaturated/α-hetero) is 1. The van der Waals surface area contributed by atoms with Crippen LogP contribution in [0.2, 0.25) is 0 Å². The fourth-order valence-electron chi connectivity index (χ4n) is 3.70. The summed E-state index contributed by atoms with van der Waals surface area (Å²) in [6.07, 6.45) is 3.23. The number of carbonyl (C=O) groups excluding carboxylic acids is 1. The van der Waals surface area contributed by atoms with Gasteiger partial charge >= 0.3 is 0 Å². The fraction of sp³-hybridized carbons (Fsp3) is 0.533. The van der Waals surface area contributed by atoms with Crippen LogP contribution >= 0.6 is 0 Å². The molecule has 2 saturated heterocycles. The molecule has 2 heterocycles. The molecule has 112 valence electrons. The van der Waals surface area contributed by atoms with Gasteiger partial charge in [-0.15, -0.1) is 0 Å². The monoisotopic (exact) mass is 290 g/mol. The number of fused-ring (bicyclic) bond motifs is 2. The maximum atomic E-state index is 11.7. The number of nitro groups is 1. The molecule has 0 aliphatic carbocycles. The number of nitrogens with zero attached hydrogens (tertiary/aromatic N) is 2. The molecule has 1 aromatic carbocycles. The van der Waals surface area contributed by atoms with E-state index in [9.17, 15) is 20.0 Å². The Balaban J connectivity index is 1.99. The molecule has 2 aliphatic rings. The zero-order valence-electron chi connectivity index (χ0n) is 11.9. The number of aliphatic hydroxyl groups is 1. The lowest BCUT2D eigenvalue weighted by molar-refractivity contribution is -0.385. The Morgan fingerprint density at radius 2 is 1.95 bits per heavy atom. The molecule has 0 amide bonds. The standard InChI is InChI=1S/C15H18N2O4/c1-9(18)14-8-12(4-5-15(14)17(20)21)16-10-2-3-11(16)7-13(19)6-10/h4-5,8,10-11,13,19H,2-3,6-7H2,1H3. The minimum absolute atomic E-state index is 0.143. The predicted molar refractivity (Wildman–Crippen MR) is 77.6 cm³/mol. The molecule has 3 rings (SSSR count). The number of aliphatic hydroxyl groups excluding tert-OH is 1. The first-order valence-corrected chi connectivity index (χ1v) is 7.23. The summed E-state index contributed by atoms with van der Waals surface area (Å²) in [5.74, 6) is -0.298. The van der Waals surface area contributed by atoms with Crippen LogP contribution in [0.3, 0.4) is 0 Å². The second-order valence-corrected chi connectivity index (χ2v) is 5.93. The lowest BCUT2D eigenvalue weighted by Gasteiger charge is -2.39. The summed E-state index contributed by atoms with van der Waals surface area (Å²) in [5, 5.41) is 20.8. The van der Waals surface area contributed by atoms with Gasteiger partial charge in [0.2, 0.25) is 0 Å². The van der Waals surface area contributed by atoms with Crippen LogP contribution in [0.25, 0.3) is 0 Å². The zero-order chi connectivity index (χ0) is 15.1. The molecule has 21 heavy (non-hydrogen) atoms. The predicted octanol–water partition coefficient (Wildman–Crippen LogP) is 2.29. The van der Waals surface area contributed by atoms with E-state index < -0.39 is 4.92 Å². The quantitative estimate of drug-likeness (QED) is 0.524. The molecule has 6 nitrogen and oxygen atoms in total.